The van der Waals surface area contributed by atoms with E-state index in [2.05, 4.69) is 25.1 Å². The van der Waals surface area contributed by atoms with E-state index in [-0.39, 0.29) is 0 Å². The van der Waals surface area contributed by atoms with Crippen LogP contribution in [-0.2, 0) is 6.42 Å². The summed E-state index contributed by atoms with van der Waals surface area (Å²) in [5.74, 6) is 0. The molecule has 0 bridgehead atoms. The molecule has 0 nitrogen and oxygen atoms in total. The van der Waals surface area contributed by atoms with E-state index in [4.69, 9.17) is 22.2 Å². The summed E-state index contributed by atoms with van der Waals surface area (Å²) in [5.41, 5.74) is 1.28. The van der Waals surface area contributed by atoms with Crippen LogP contribution in [-0.4, -0.2) is 6.69 Å². The molecule has 0 aromatic heterocycles. The Morgan fingerprint density at radius 3 is 2.17 bits per heavy atom. The van der Waals surface area contributed by atoms with Crippen LogP contribution in [0.3, 0.4) is 0 Å². The topological polar surface area (TPSA) is 0 Å². The first kappa shape index (κ1) is 13.7. The molecule has 0 saturated carbocycles. The van der Waals surface area contributed by atoms with Gasteiger partial charge in [-0.05, 0) is 22.4 Å². The molecule has 94 valence electrons. The van der Waals surface area contributed by atoms with Gasteiger partial charge in [0.15, 0.2) is 0 Å². The molecular formula is C15H16Cl2Si. The van der Waals surface area contributed by atoms with Crippen molar-refractivity contribution in [3.05, 3.63) is 60.2 Å². The van der Waals surface area contributed by atoms with Crippen molar-refractivity contribution < 1.29 is 0 Å². The number of hydrogen-bond acceptors (Lipinski definition) is 0. The minimum absolute atomic E-state index is 1.02. The third-order valence-electron chi connectivity index (χ3n) is 3.01. The summed E-state index contributed by atoms with van der Waals surface area (Å²) < 4.78 is 0. The first-order valence-electron chi connectivity index (χ1n) is 6.18. The zero-order chi connectivity index (χ0) is 13.0. The largest absolute Gasteiger partial charge is 0.310 e. The third-order valence-corrected chi connectivity index (χ3v) is 7.76. The van der Waals surface area contributed by atoms with Gasteiger partial charge in [-0.2, -0.15) is 0 Å². The van der Waals surface area contributed by atoms with Gasteiger partial charge in [-0.15, -0.1) is 22.2 Å². The second-order valence-corrected chi connectivity index (χ2v) is 10.6. The molecule has 0 spiro atoms. The number of rotatable bonds is 4. The molecule has 0 amide bonds. The molecule has 0 aliphatic heterocycles. The van der Waals surface area contributed by atoms with E-state index in [0.717, 1.165) is 23.2 Å². The molecule has 0 aliphatic rings. The summed E-state index contributed by atoms with van der Waals surface area (Å²) in [6, 6.07) is 18.3. The standard InChI is InChI=1S/C15H16Cl2Si/c1-2-8-13-9-6-7-12-15(13)18(16,17)14-10-4-3-5-11-14/h3-7,9-12H,2,8H2,1H3. The number of aryl methyl sites for hydroxylation is 1. The van der Waals surface area contributed by atoms with Crippen molar-refractivity contribution in [3.8, 4) is 0 Å². The number of benzene rings is 2. The quantitative estimate of drug-likeness (QED) is 0.596. The fourth-order valence-electron chi connectivity index (χ4n) is 2.12. The molecule has 0 unspecified atom stereocenters. The van der Waals surface area contributed by atoms with Crippen molar-refractivity contribution in [1.82, 2.24) is 0 Å². The minimum Gasteiger partial charge on any atom is -0.134 e. The van der Waals surface area contributed by atoms with Crippen molar-refractivity contribution in [2.24, 2.45) is 0 Å². The lowest BCUT2D eigenvalue weighted by Crippen LogP contribution is -2.50. The van der Waals surface area contributed by atoms with Crippen LogP contribution in [0, 0.1) is 0 Å². The Kier molecular flexibility index (Phi) is 4.49. The summed E-state index contributed by atoms with van der Waals surface area (Å²) in [6.07, 6.45) is 2.13. The molecule has 2 rings (SSSR count). The fourth-order valence-corrected chi connectivity index (χ4v) is 5.82. The Bertz CT molecular complexity index is 509. The van der Waals surface area contributed by atoms with Crippen LogP contribution in [0.15, 0.2) is 54.6 Å². The van der Waals surface area contributed by atoms with Crippen LogP contribution < -0.4 is 10.4 Å². The van der Waals surface area contributed by atoms with Crippen LogP contribution >= 0.6 is 22.2 Å². The zero-order valence-electron chi connectivity index (χ0n) is 10.4. The highest BCUT2D eigenvalue weighted by molar-refractivity contribution is 7.56. The SMILES string of the molecule is CCCc1ccccc1[Si](Cl)(Cl)c1ccccc1. The lowest BCUT2D eigenvalue weighted by Gasteiger charge is -2.21. The van der Waals surface area contributed by atoms with Gasteiger partial charge in [-0.3, -0.25) is 0 Å². The Morgan fingerprint density at radius 2 is 1.50 bits per heavy atom. The summed E-state index contributed by atoms with van der Waals surface area (Å²) in [5, 5.41) is 2.18. The highest BCUT2D eigenvalue weighted by Gasteiger charge is 2.34. The highest BCUT2D eigenvalue weighted by atomic mass is 35.7. The highest BCUT2D eigenvalue weighted by Crippen LogP contribution is 2.18. The fraction of sp³-hybridized carbons (Fsp3) is 0.200. The first-order chi connectivity index (χ1) is 8.66. The molecular weight excluding hydrogens is 279 g/mol. The predicted molar refractivity (Wildman–Crippen MR) is 83.6 cm³/mol. The van der Waals surface area contributed by atoms with Gasteiger partial charge >= 0.3 is 6.69 Å². The van der Waals surface area contributed by atoms with Crippen LogP contribution in [0.4, 0.5) is 0 Å². The van der Waals surface area contributed by atoms with Gasteiger partial charge in [0.05, 0.1) is 0 Å². The molecule has 0 aliphatic carbocycles. The Balaban J connectivity index is 2.47. The van der Waals surface area contributed by atoms with Crippen LogP contribution in [0.5, 0.6) is 0 Å². The second-order valence-electron chi connectivity index (χ2n) is 4.35. The lowest BCUT2D eigenvalue weighted by atomic mass is 10.1. The number of hydrogen-bond donors (Lipinski definition) is 0. The molecule has 0 saturated heterocycles. The maximum Gasteiger partial charge on any atom is 0.310 e. The van der Waals surface area contributed by atoms with Gasteiger partial charge < -0.3 is 0 Å². The van der Waals surface area contributed by atoms with Crippen LogP contribution in [0.25, 0.3) is 0 Å². The van der Waals surface area contributed by atoms with E-state index in [9.17, 15) is 0 Å². The summed E-state index contributed by atoms with van der Waals surface area (Å²) >= 11 is 13.5. The van der Waals surface area contributed by atoms with Crippen LogP contribution in [0.1, 0.15) is 18.9 Å². The van der Waals surface area contributed by atoms with Gasteiger partial charge in [0.2, 0.25) is 0 Å². The lowest BCUT2D eigenvalue weighted by molar-refractivity contribution is 0.927. The maximum atomic E-state index is 6.73. The molecule has 3 heteroatoms. The van der Waals surface area contributed by atoms with Gasteiger partial charge in [0.1, 0.15) is 0 Å². The van der Waals surface area contributed by atoms with Crippen molar-refractivity contribution in [3.63, 3.8) is 0 Å². The Morgan fingerprint density at radius 1 is 0.889 bits per heavy atom. The molecule has 2 aromatic carbocycles. The summed E-state index contributed by atoms with van der Waals surface area (Å²) in [6.45, 7) is -0.421. The van der Waals surface area contributed by atoms with Crippen molar-refractivity contribution >= 4 is 39.2 Å². The zero-order valence-corrected chi connectivity index (χ0v) is 12.9. The molecule has 0 heterocycles. The van der Waals surface area contributed by atoms with Crippen molar-refractivity contribution in [1.29, 1.82) is 0 Å². The average Bonchev–Trinajstić information content (AvgIpc) is 2.41. The normalized spacial score (nSPS) is 11.5. The Labute approximate surface area is 119 Å². The summed E-state index contributed by atoms with van der Waals surface area (Å²) in [7, 11) is 0. The van der Waals surface area contributed by atoms with E-state index in [1.54, 1.807) is 0 Å². The monoisotopic (exact) mass is 294 g/mol. The smallest absolute Gasteiger partial charge is 0.134 e. The van der Waals surface area contributed by atoms with Gasteiger partial charge in [0.25, 0.3) is 0 Å². The molecule has 18 heavy (non-hydrogen) atoms. The van der Waals surface area contributed by atoms with Gasteiger partial charge in [-0.1, -0.05) is 67.9 Å². The van der Waals surface area contributed by atoms with Crippen molar-refractivity contribution in [2.45, 2.75) is 19.8 Å². The molecule has 0 radical (unpaired) electrons. The molecule has 0 fully saturated rings. The molecule has 0 N–H and O–H groups in total. The number of halogens is 2. The first-order valence-corrected chi connectivity index (χ1v) is 10.2. The predicted octanol–water partition coefficient (Wildman–Crippen LogP) is 3.67. The van der Waals surface area contributed by atoms with Crippen molar-refractivity contribution in [2.75, 3.05) is 0 Å². The maximum absolute atomic E-state index is 6.73. The second kappa shape index (κ2) is 5.92. The van der Waals surface area contributed by atoms with E-state index in [1.165, 1.54) is 5.56 Å². The van der Waals surface area contributed by atoms with Gasteiger partial charge in [-0.25, -0.2) is 0 Å². The third kappa shape index (κ3) is 2.80. The van der Waals surface area contributed by atoms with E-state index in [0.29, 0.717) is 0 Å². The molecule has 0 atom stereocenters. The van der Waals surface area contributed by atoms with E-state index in [1.807, 2.05) is 36.4 Å². The van der Waals surface area contributed by atoms with Gasteiger partial charge in [0, 0.05) is 0 Å². The van der Waals surface area contributed by atoms with Crippen LogP contribution in [0.2, 0.25) is 0 Å². The molecule has 2 aromatic rings. The van der Waals surface area contributed by atoms with E-state index < -0.39 is 6.69 Å². The summed E-state index contributed by atoms with van der Waals surface area (Å²) in [4.78, 5) is 0. The Hall–Kier alpha value is -0.763. The average molecular weight is 295 g/mol. The van der Waals surface area contributed by atoms with E-state index >= 15 is 0 Å². The minimum atomic E-state index is -2.59.